The zero-order valence-corrected chi connectivity index (χ0v) is 17.2. The summed E-state index contributed by atoms with van der Waals surface area (Å²) in [5.41, 5.74) is 1.78. The first kappa shape index (κ1) is 20.9. The Morgan fingerprint density at radius 2 is 0.969 bits per heavy atom. The minimum absolute atomic E-state index is 0.0243. The van der Waals surface area contributed by atoms with Crippen molar-refractivity contribution in [3.63, 3.8) is 0 Å². The first-order valence-corrected chi connectivity index (χ1v) is 10.0. The third kappa shape index (κ3) is 5.05. The van der Waals surface area contributed by atoms with Crippen molar-refractivity contribution >= 4 is 11.5 Å². The molecule has 0 unspecified atom stereocenters. The van der Waals surface area contributed by atoms with E-state index in [0.717, 1.165) is 11.1 Å². The number of benzene rings is 2. The van der Waals surface area contributed by atoms with Crippen LogP contribution in [0.3, 0.4) is 0 Å². The van der Waals surface area contributed by atoms with Crippen molar-refractivity contribution in [1.82, 2.24) is 0 Å². The number of aliphatic hydroxyl groups excluding tert-OH is 2. The van der Waals surface area contributed by atoms with Gasteiger partial charge in [0.15, 0.2) is 11.5 Å². The highest BCUT2D eigenvalue weighted by Gasteiger charge is 2.23. The number of hydrogen-bond acceptors (Lipinski definition) is 6. The molecule has 0 fully saturated rings. The molecule has 0 bridgehead atoms. The fourth-order valence-electron chi connectivity index (χ4n) is 3.00. The maximum Gasteiger partial charge on any atom is 0.208 e. The molecule has 0 amide bonds. The molecule has 2 aromatic carbocycles. The standard InChI is InChI=1S/C26H22O6/c27-23(25(21-13-7-15-29-21)31-17-19-9-3-1-4-10-19)24(28)26(22-14-8-16-30-22)32-18-20-11-5-2-6-12-20/h1-16,27-28H,17-18H2/b25-23+,26-24+. The van der Waals surface area contributed by atoms with E-state index >= 15 is 0 Å². The van der Waals surface area contributed by atoms with Gasteiger partial charge in [-0.25, -0.2) is 0 Å². The van der Waals surface area contributed by atoms with Crippen molar-refractivity contribution < 1.29 is 28.5 Å². The molecule has 2 heterocycles. The normalized spacial score (nSPS) is 12.6. The summed E-state index contributed by atoms with van der Waals surface area (Å²) >= 11 is 0. The van der Waals surface area contributed by atoms with Crippen LogP contribution in [0.1, 0.15) is 22.6 Å². The molecule has 6 nitrogen and oxygen atoms in total. The molecule has 0 aliphatic carbocycles. The van der Waals surface area contributed by atoms with Crippen LogP contribution >= 0.6 is 0 Å². The van der Waals surface area contributed by atoms with E-state index < -0.39 is 11.5 Å². The summed E-state index contributed by atoms with van der Waals surface area (Å²) in [5, 5.41) is 21.9. The zero-order valence-electron chi connectivity index (χ0n) is 17.2. The molecular weight excluding hydrogens is 408 g/mol. The molecule has 0 atom stereocenters. The Bertz CT molecular complexity index is 1060. The third-order valence-electron chi connectivity index (χ3n) is 4.60. The van der Waals surface area contributed by atoms with Crippen molar-refractivity contribution in [2.75, 3.05) is 0 Å². The third-order valence-corrected chi connectivity index (χ3v) is 4.60. The fourth-order valence-corrected chi connectivity index (χ4v) is 3.00. The molecule has 0 aliphatic rings. The molecule has 4 rings (SSSR count). The van der Waals surface area contributed by atoms with Gasteiger partial charge in [0.05, 0.1) is 12.5 Å². The lowest BCUT2D eigenvalue weighted by molar-refractivity contribution is 0.214. The molecular formula is C26H22O6. The average molecular weight is 430 g/mol. The van der Waals surface area contributed by atoms with E-state index in [1.165, 1.54) is 12.5 Å². The van der Waals surface area contributed by atoms with Gasteiger partial charge in [-0.3, -0.25) is 0 Å². The highest BCUT2D eigenvalue weighted by molar-refractivity contribution is 5.68. The second kappa shape index (κ2) is 10.1. The Balaban J connectivity index is 1.69. The van der Waals surface area contributed by atoms with Crippen LogP contribution < -0.4 is 0 Å². The predicted molar refractivity (Wildman–Crippen MR) is 119 cm³/mol. The molecule has 0 aliphatic heterocycles. The Hall–Kier alpha value is -4.32. The van der Waals surface area contributed by atoms with Gasteiger partial charge in [-0.2, -0.15) is 0 Å². The summed E-state index contributed by atoms with van der Waals surface area (Å²) in [6, 6.07) is 25.5. The smallest absolute Gasteiger partial charge is 0.208 e. The number of hydrogen-bond donors (Lipinski definition) is 2. The number of rotatable bonds is 9. The van der Waals surface area contributed by atoms with Gasteiger partial charge in [0.2, 0.25) is 23.0 Å². The number of aliphatic hydroxyl groups is 2. The summed E-state index contributed by atoms with van der Waals surface area (Å²) < 4.78 is 22.5. The van der Waals surface area contributed by atoms with Crippen LogP contribution in [-0.4, -0.2) is 10.2 Å². The topological polar surface area (TPSA) is 85.2 Å². The van der Waals surface area contributed by atoms with Gasteiger partial charge in [-0.1, -0.05) is 60.7 Å². The highest BCUT2D eigenvalue weighted by atomic mass is 16.5. The molecule has 0 saturated carbocycles. The predicted octanol–water partition coefficient (Wildman–Crippen LogP) is 6.46. The van der Waals surface area contributed by atoms with E-state index in [0.29, 0.717) is 0 Å². The van der Waals surface area contributed by atoms with E-state index in [4.69, 9.17) is 18.3 Å². The summed E-state index contributed by atoms with van der Waals surface area (Å²) in [6.45, 7) is 0.324. The van der Waals surface area contributed by atoms with Crippen molar-refractivity contribution in [3.05, 3.63) is 132 Å². The average Bonchev–Trinajstić information content (AvgIpc) is 3.55. The summed E-state index contributed by atoms with van der Waals surface area (Å²) in [7, 11) is 0. The van der Waals surface area contributed by atoms with E-state index in [1.54, 1.807) is 24.3 Å². The Labute approximate surface area is 185 Å². The van der Waals surface area contributed by atoms with Gasteiger partial charge in [-0.05, 0) is 35.4 Å². The molecule has 6 heteroatoms. The molecule has 2 N–H and O–H groups in total. The monoisotopic (exact) mass is 430 g/mol. The Morgan fingerprint density at radius 3 is 1.31 bits per heavy atom. The fraction of sp³-hybridized carbons (Fsp3) is 0.0769. The zero-order chi connectivity index (χ0) is 22.2. The lowest BCUT2D eigenvalue weighted by atomic mass is 10.2. The largest absolute Gasteiger partial charge is 0.502 e. The SMILES string of the molecule is OC(/C(O)=C(\OCc1ccccc1)c1ccco1)=C(/OCc1ccccc1)c1ccco1. The lowest BCUT2D eigenvalue weighted by Crippen LogP contribution is -2.04. The molecule has 2 aromatic heterocycles. The molecule has 4 aromatic rings. The van der Waals surface area contributed by atoms with Crippen LogP contribution in [0.2, 0.25) is 0 Å². The molecule has 162 valence electrons. The quantitative estimate of drug-likeness (QED) is 0.234. The first-order chi connectivity index (χ1) is 15.7. The summed E-state index contributed by atoms with van der Waals surface area (Å²) in [6.07, 6.45) is 2.91. The second-order valence-electron chi connectivity index (χ2n) is 6.86. The molecule has 0 spiro atoms. The van der Waals surface area contributed by atoms with Gasteiger partial charge in [-0.15, -0.1) is 0 Å². The van der Waals surface area contributed by atoms with Crippen LogP contribution in [0.25, 0.3) is 11.5 Å². The maximum absolute atomic E-state index is 11.0. The molecule has 0 saturated heterocycles. The Morgan fingerprint density at radius 1 is 0.562 bits per heavy atom. The lowest BCUT2D eigenvalue weighted by Gasteiger charge is -2.14. The summed E-state index contributed by atoms with van der Waals surface area (Å²) in [4.78, 5) is 0. The van der Waals surface area contributed by atoms with Crippen LogP contribution in [0, 0.1) is 0 Å². The molecule has 0 radical (unpaired) electrons. The van der Waals surface area contributed by atoms with Crippen molar-refractivity contribution in [2.45, 2.75) is 13.2 Å². The summed E-state index contributed by atoms with van der Waals surface area (Å²) in [5.74, 6) is -0.600. The van der Waals surface area contributed by atoms with Gasteiger partial charge < -0.3 is 28.5 Å². The molecule has 32 heavy (non-hydrogen) atoms. The van der Waals surface area contributed by atoms with Crippen molar-refractivity contribution in [3.8, 4) is 0 Å². The minimum atomic E-state index is -0.532. The maximum atomic E-state index is 11.0. The van der Waals surface area contributed by atoms with Gasteiger partial charge in [0, 0.05) is 0 Å². The van der Waals surface area contributed by atoms with Gasteiger partial charge in [0.25, 0.3) is 0 Å². The van der Waals surface area contributed by atoms with E-state index in [9.17, 15) is 10.2 Å². The van der Waals surface area contributed by atoms with E-state index in [-0.39, 0.29) is 36.3 Å². The number of ether oxygens (including phenoxy) is 2. The number of furan rings is 2. The minimum Gasteiger partial charge on any atom is -0.502 e. The van der Waals surface area contributed by atoms with Crippen LogP contribution in [0.5, 0.6) is 0 Å². The highest BCUT2D eigenvalue weighted by Crippen LogP contribution is 2.30. The van der Waals surface area contributed by atoms with Crippen LogP contribution in [0.15, 0.2) is 118 Å². The van der Waals surface area contributed by atoms with Crippen molar-refractivity contribution in [2.24, 2.45) is 0 Å². The van der Waals surface area contributed by atoms with Gasteiger partial charge >= 0.3 is 0 Å². The Kier molecular flexibility index (Phi) is 6.63. The van der Waals surface area contributed by atoms with Crippen LogP contribution in [0.4, 0.5) is 0 Å². The van der Waals surface area contributed by atoms with E-state index in [1.807, 2.05) is 60.7 Å². The van der Waals surface area contributed by atoms with Gasteiger partial charge in [0.1, 0.15) is 13.2 Å². The van der Waals surface area contributed by atoms with Crippen LogP contribution in [-0.2, 0) is 22.7 Å². The second-order valence-corrected chi connectivity index (χ2v) is 6.86. The van der Waals surface area contributed by atoms with E-state index in [2.05, 4.69) is 0 Å². The van der Waals surface area contributed by atoms with Crippen molar-refractivity contribution in [1.29, 1.82) is 0 Å². The first-order valence-electron chi connectivity index (χ1n) is 10.0.